The molecule has 3 N–H and O–H groups in total. The summed E-state index contributed by atoms with van der Waals surface area (Å²) < 4.78 is 5.41. The van der Waals surface area contributed by atoms with E-state index in [0.29, 0.717) is 24.6 Å². The predicted octanol–water partition coefficient (Wildman–Crippen LogP) is 0.603. The minimum atomic E-state index is 0.0409. The lowest BCUT2D eigenvalue weighted by molar-refractivity contribution is 0.0984. The first-order chi connectivity index (χ1) is 8.52. The van der Waals surface area contributed by atoms with Crippen molar-refractivity contribution < 1.29 is 4.74 Å². The molecule has 2 heterocycles. The van der Waals surface area contributed by atoms with Crippen molar-refractivity contribution in [3.8, 4) is 0 Å². The standard InChI is InChI=1S/C12H19N5O/c1-7-6-18-5-4-17(7)12-10(11(13)14)8(2)9(3)15-16-12/h7H,4-6H2,1-3H3,(H3,13,14). The van der Waals surface area contributed by atoms with Gasteiger partial charge in [0.2, 0.25) is 0 Å². The topological polar surface area (TPSA) is 88.1 Å². The fraction of sp³-hybridized carbons (Fsp3) is 0.583. The average molecular weight is 249 g/mol. The van der Waals surface area contributed by atoms with Gasteiger partial charge >= 0.3 is 0 Å². The summed E-state index contributed by atoms with van der Waals surface area (Å²) in [5.74, 6) is 0.737. The smallest absolute Gasteiger partial charge is 0.162 e. The van der Waals surface area contributed by atoms with Crippen molar-refractivity contribution in [3.63, 3.8) is 0 Å². The lowest BCUT2D eigenvalue weighted by Gasteiger charge is -2.35. The van der Waals surface area contributed by atoms with Gasteiger partial charge in [-0.05, 0) is 26.3 Å². The van der Waals surface area contributed by atoms with Gasteiger partial charge in [-0.3, -0.25) is 5.41 Å². The third-order valence-corrected chi connectivity index (χ3v) is 3.35. The number of ether oxygens (including phenoxy) is 1. The Bertz CT molecular complexity index is 474. The molecule has 2 rings (SSSR count). The van der Waals surface area contributed by atoms with Crippen molar-refractivity contribution in [3.05, 3.63) is 16.8 Å². The summed E-state index contributed by atoms with van der Waals surface area (Å²) in [6.07, 6.45) is 0. The maximum Gasteiger partial charge on any atom is 0.162 e. The zero-order valence-electron chi connectivity index (χ0n) is 11.0. The minimum Gasteiger partial charge on any atom is -0.384 e. The molecule has 6 nitrogen and oxygen atoms in total. The van der Waals surface area contributed by atoms with Gasteiger partial charge in [-0.15, -0.1) is 5.10 Å². The maximum absolute atomic E-state index is 7.75. The van der Waals surface area contributed by atoms with E-state index < -0.39 is 0 Å². The molecule has 18 heavy (non-hydrogen) atoms. The molecular weight excluding hydrogens is 230 g/mol. The van der Waals surface area contributed by atoms with Gasteiger partial charge in [0.25, 0.3) is 0 Å². The Morgan fingerprint density at radius 2 is 2.17 bits per heavy atom. The van der Waals surface area contributed by atoms with Crippen LogP contribution in [-0.2, 0) is 4.74 Å². The number of aromatic nitrogens is 2. The van der Waals surface area contributed by atoms with Crippen LogP contribution in [0, 0.1) is 19.3 Å². The second-order valence-electron chi connectivity index (χ2n) is 4.64. The van der Waals surface area contributed by atoms with Crippen LogP contribution in [0.5, 0.6) is 0 Å². The van der Waals surface area contributed by atoms with Gasteiger partial charge in [0.05, 0.1) is 30.5 Å². The SMILES string of the molecule is Cc1nnc(N2CCOCC2C)c(C(=N)N)c1C. The molecule has 1 aromatic heterocycles. The van der Waals surface area contributed by atoms with Crippen LogP contribution in [0.15, 0.2) is 0 Å². The Balaban J connectivity index is 2.49. The van der Waals surface area contributed by atoms with Gasteiger partial charge in [-0.2, -0.15) is 5.10 Å². The summed E-state index contributed by atoms with van der Waals surface area (Å²) >= 11 is 0. The van der Waals surface area contributed by atoms with Crippen molar-refractivity contribution in [2.75, 3.05) is 24.7 Å². The molecule has 1 aliphatic heterocycles. The first-order valence-electron chi connectivity index (χ1n) is 6.05. The zero-order chi connectivity index (χ0) is 13.3. The number of nitrogen functional groups attached to an aromatic ring is 1. The Morgan fingerprint density at radius 3 is 2.78 bits per heavy atom. The van der Waals surface area contributed by atoms with Gasteiger partial charge < -0.3 is 15.4 Å². The molecule has 0 aromatic carbocycles. The van der Waals surface area contributed by atoms with Crippen LogP contribution < -0.4 is 10.6 Å². The molecule has 0 radical (unpaired) electrons. The summed E-state index contributed by atoms with van der Waals surface area (Å²) in [4.78, 5) is 2.11. The summed E-state index contributed by atoms with van der Waals surface area (Å²) in [5.41, 5.74) is 8.12. The summed E-state index contributed by atoms with van der Waals surface area (Å²) in [6, 6.07) is 0.216. The van der Waals surface area contributed by atoms with Gasteiger partial charge in [0.15, 0.2) is 5.82 Å². The average Bonchev–Trinajstić information content (AvgIpc) is 2.33. The van der Waals surface area contributed by atoms with Crippen molar-refractivity contribution >= 4 is 11.7 Å². The number of nitrogens with two attached hydrogens (primary N) is 1. The molecular formula is C12H19N5O. The number of amidine groups is 1. The van der Waals surface area contributed by atoms with Gasteiger partial charge in [-0.1, -0.05) is 0 Å². The van der Waals surface area contributed by atoms with E-state index in [1.807, 2.05) is 13.8 Å². The Labute approximate surface area is 107 Å². The Morgan fingerprint density at radius 1 is 1.44 bits per heavy atom. The number of morpholine rings is 1. The number of aryl methyl sites for hydroxylation is 1. The lowest BCUT2D eigenvalue weighted by Crippen LogP contribution is -2.45. The first kappa shape index (κ1) is 12.8. The molecule has 6 heteroatoms. The minimum absolute atomic E-state index is 0.0409. The highest BCUT2D eigenvalue weighted by Gasteiger charge is 2.25. The fourth-order valence-electron chi connectivity index (χ4n) is 2.16. The molecule has 0 bridgehead atoms. The number of anilines is 1. The van der Waals surface area contributed by atoms with Crippen LogP contribution in [0.3, 0.4) is 0 Å². The molecule has 1 saturated heterocycles. The molecule has 1 aromatic rings. The van der Waals surface area contributed by atoms with Crippen LogP contribution in [0.2, 0.25) is 0 Å². The fourth-order valence-corrected chi connectivity index (χ4v) is 2.16. The molecule has 98 valence electrons. The third-order valence-electron chi connectivity index (χ3n) is 3.35. The Kier molecular flexibility index (Phi) is 3.47. The molecule has 1 aliphatic rings. The highest BCUT2D eigenvalue weighted by atomic mass is 16.5. The molecule has 0 aliphatic carbocycles. The van der Waals surface area contributed by atoms with Crippen LogP contribution >= 0.6 is 0 Å². The van der Waals surface area contributed by atoms with Crippen molar-refractivity contribution in [1.29, 1.82) is 5.41 Å². The van der Waals surface area contributed by atoms with E-state index in [-0.39, 0.29) is 11.9 Å². The van der Waals surface area contributed by atoms with E-state index >= 15 is 0 Å². The third kappa shape index (κ3) is 2.15. The largest absolute Gasteiger partial charge is 0.384 e. The molecule has 1 fully saturated rings. The van der Waals surface area contributed by atoms with Gasteiger partial charge in [0.1, 0.15) is 5.84 Å². The van der Waals surface area contributed by atoms with Gasteiger partial charge in [-0.25, -0.2) is 0 Å². The highest BCUT2D eigenvalue weighted by molar-refractivity contribution is 6.01. The monoisotopic (exact) mass is 249 g/mol. The molecule has 0 amide bonds. The maximum atomic E-state index is 7.75. The van der Waals surface area contributed by atoms with E-state index in [2.05, 4.69) is 22.0 Å². The van der Waals surface area contributed by atoms with Crippen LogP contribution in [0.1, 0.15) is 23.7 Å². The first-order valence-corrected chi connectivity index (χ1v) is 6.05. The lowest BCUT2D eigenvalue weighted by atomic mass is 10.1. The van der Waals surface area contributed by atoms with E-state index in [4.69, 9.17) is 15.9 Å². The Hall–Kier alpha value is -1.69. The zero-order valence-corrected chi connectivity index (χ0v) is 11.0. The summed E-state index contributed by atoms with van der Waals surface area (Å²) in [7, 11) is 0. The van der Waals surface area contributed by atoms with E-state index in [0.717, 1.165) is 17.8 Å². The predicted molar refractivity (Wildman–Crippen MR) is 70.1 cm³/mol. The van der Waals surface area contributed by atoms with Crippen molar-refractivity contribution in [1.82, 2.24) is 10.2 Å². The number of nitrogens with one attached hydrogen (secondary N) is 1. The molecule has 0 spiro atoms. The van der Waals surface area contributed by atoms with Crippen molar-refractivity contribution in [2.24, 2.45) is 5.73 Å². The highest BCUT2D eigenvalue weighted by Crippen LogP contribution is 2.24. The van der Waals surface area contributed by atoms with Crippen LogP contribution in [0.25, 0.3) is 0 Å². The number of nitrogens with zero attached hydrogens (tertiary/aromatic N) is 3. The summed E-state index contributed by atoms with van der Waals surface area (Å²) in [5, 5.41) is 16.1. The number of rotatable bonds is 2. The normalized spacial score (nSPS) is 19.9. The molecule has 1 atom stereocenters. The van der Waals surface area contributed by atoms with E-state index in [1.54, 1.807) is 0 Å². The molecule has 0 saturated carbocycles. The number of hydrogen-bond acceptors (Lipinski definition) is 5. The second kappa shape index (κ2) is 4.89. The van der Waals surface area contributed by atoms with E-state index in [1.165, 1.54) is 0 Å². The quantitative estimate of drug-likeness (QED) is 0.592. The summed E-state index contributed by atoms with van der Waals surface area (Å²) in [6.45, 7) is 7.94. The van der Waals surface area contributed by atoms with E-state index in [9.17, 15) is 0 Å². The molecule has 1 unspecified atom stereocenters. The second-order valence-corrected chi connectivity index (χ2v) is 4.64. The van der Waals surface area contributed by atoms with Crippen molar-refractivity contribution in [2.45, 2.75) is 26.8 Å². The van der Waals surface area contributed by atoms with Crippen LogP contribution in [-0.4, -0.2) is 41.8 Å². The number of hydrogen-bond donors (Lipinski definition) is 2. The van der Waals surface area contributed by atoms with Gasteiger partial charge in [0, 0.05) is 6.54 Å². The van der Waals surface area contributed by atoms with Crippen LogP contribution in [0.4, 0.5) is 5.82 Å².